The summed E-state index contributed by atoms with van der Waals surface area (Å²) in [6, 6.07) is 16.3. The summed E-state index contributed by atoms with van der Waals surface area (Å²) in [5.74, 6) is 0.135. The number of oxime groups is 1. The van der Waals surface area contributed by atoms with Crippen LogP contribution in [0.4, 0.5) is 0 Å². The second kappa shape index (κ2) is 6.90. The molecule has 2 rings (SSSR count). The van der Waals surface area contributed by atoms with Gasteiger partial charge in [-0.15, -0.1) is 0 Å². The number of benzene rings is 2. The van der Waals surface area contributed by atoms with Gasteiger partial charge in [0.25, 0.3) is 0 Å². The van der Waals surface area contributed by atoms with Crippen LogP contribution in [0, 0.1) is 6.92 Å². The number of nitrogens with zero attached hydrogens (tertiary/aromatic N) is 1. The molecule has 4 nitrogen and oxygen atoms in total. The third-order valence-corrected chi connectivity index (χ3v) is 3.54. The van der Waals surface area contributed by atoms with E-state index < -0.39 is 0 Å². The van der Waals surface area contributed by atoms with Crippen molar-refractivity contribution in [2.45, 2.75) is 26.4 Å². The lowest BCUT2D eigenvalue weighted by Gasteiger charge is -2.16. The molecule has 0 spiro atoms. The van der Waals surface area contributed by atoms with E-state index in [4.69, 9.17) is 10.9 Å². The fourth-order valence-electron chi connectivity index (χ4n) is 2.30. The molecule has 110 valence electrons. The molecule has 2 aromatic rings. The van der Waals surface area contributed by atoms with Gasteiger partial charge in [-0.3, -0.25) is 0 Å². The molecule has 21 heavy (non-hydrogen) atoms. The maximum Gasteiger partial charge on any atom is 0.170 e. The highest BCUT2D eigenvalue weighted by Gasteiger charge is 2.09. The Balaban J connectivity index is 2.10. The third-order valence-electron chi connectivity index (χ3n) is 3.54. The van der Waals surface area contributed by atoms with Crippen LogP contribution in [-0.4, -0.2) is 11.0 Å². The number of nitrogens with one attached hydrogen (secondary N) is 1. The Morgan fingerprint density at radius 1 is 1.24 bits per heavy atom. The van der Waals surface area contributed by atoms with Crippen LogP contribution in [0.1, 0.15) is 35.2 Å². The number of amidine groups is 1. The fraction of sp³-hybridized carbons (Fsp3) is 0.235. The summed E-state index contributed by atoms with van der Waals surface area (Å²) in [7, 11) is 0. The van der Waals surface area contributed by atoms with Gasteiger partial charge in [0, 0.05) is 18.2 Å². The summed E-state index contributed by atoms with van der Waals surface area (Å²) in [5.41, 5.74) is 9.96. The van der Waals surface area contributed by atoms with Crippen molar-refractivity contribution in [1.82, 2.24) is 5.32 Å². The first-order valence-corrected chi connectivity index (χ1v) is 6.97. The van der Waals surface area contributed by atoms with Crippen LogP contribution in [0.5, 0.6) is 0 Å². The molecule has 0 saturated carbocycles. The molecule has 4 heteroatoms. The van der Waals surface area contributed by atoms with Crippen LogP contribution in [0.2, 0.25) is 0 Å². The van der Waals surface area contributed by atoms with Crippen LogP contribution in [0.3, 0.4) is 0 Å². The Hall–Kier alpha value is -2.33. The highest BCUT2D eigenvalue weighted by atomic mass is 16.4. The van der Waals surface area contributed by atoms with Crippen molar-refractivity contribution in [2.24, 2.45) is 10.9 Å². The Bertz CT molecular complexity index is 637. The predicted octanol–water partition coefficient (Wildman–Crippen LogP) is 2.94. The summed E-state index contributed by atoms with van der Waals surface area (Å²) in [5, 5.41) is 15.4. The van der Waals surface area contributed by atoms with E-state index >= 15 is 0 Å². The van der Waals surface area contributed by atoms with Gasteiger partial charge in [-0.2, -0.15) is 0 Å². The van der Waals surface area contributed by atoms with Crippen LogP contribution >= 0.6 is 0 Å². The minimum Gasteiger partial charge on any atom is -0.409 e. The Morgan fingerprint density at radius 3 is 2.71 bits per heavy atom. The van der Waals surface area contributed by atoms with Gasteiger partial charge in [-0.05, 0) is 25.0 Å². The minimum absolute atomic E-state index is 0.135. The van der Waals surface area contributed by atoms with Gasteiger partial charge < -0.3 is 16.3 Å². The van der Waals surface area contributed by atoms with Gasteiger partial charge >= 0.3 is 0 Å². The fourth-order valence-corrected chi connectivity index (χ4v) is 2.30. The van der Waals surface area contributed by atoms with Crippen molar-refractivity contribution in [1.29, 1.82) is 0 Å². The van der Waals surface area contributed by atoms with Crippen molar-refractivity contribution in [3.8, 4) is 0 Å². The van der Waals surface area contributed by atoms with Crippen molar-refractivity contribution in [3.63, 3.8) is 0 Å². The van der Waals surface area contributed by atoms with Crippen molar-refractivity contribution in [2.75, 3.05) is 0 Å². The Kier molecular flexibility index (Phi) is 4.95. The van der Waals surface area contributed by atoms with Crippen LogP contribution in [-0.2, 0) is 6.54 Å². The zero-order chi connectivity index (χ0) is 15.2. The van der Waals surface area contributed by atoms with E-state index in [9.17, 15) is 0 Å². The third kappa shape index (κ3) is 3.83. The maximum atomic E-state index is 8.84. The normalized spacial score (nSPS) is 13.1. The second-order valence-corrected chi connectivity index (χ2v) is 5.16. The molecule has 0 aliphatic heterocycles. The van der Waals surface area contributed by atoms with Gasteiger partial charge in [0.05, 0.1) is 0 Å². The summed E-state index contributed by atoms with van der Waals surface area (Å²) in [6.45, 7) is 4.87. The van der Waals surface area contributed by atoms with E-state index in [-0.39, 0.29) is 11.9 Å². The number of aryl methyl sites for hydroxylation is 1. The molecule has 0 aliphatic rings. The van der Waals surface area contributed by atoms with E-state index in [1.165, 1.54) is 11.1 Å². The molecule has 0 saturated heterocycles. The highest BCUT2D eigenvalue weighted by molar-refractivity contribution is 5.98. The van der Waals surface area contributed by atoms with Crippen molar-refractivity contribution >= 4 is 5.84 Å². The average molecular weight is 283 g/mol. The summed E-state index contributed by atoms with van der Waals surface area (Å²) in [4.78, 5) is 0. The van der Waals surface area contributed by atoms with Gasteiger partial charge in [0.2, 0.25) is 0 Å². The zero-order valence-electron chi connectivity index (χ0n) is 12.4. The van der Waals surface area contributed by atoms with Crippen molar-refractivity contribution < 1.29 is 5.21 Å². The molecule has 0 amide bonds. The molecule has 0 unspecified atom stereocenters. The first-order chi connectivity index (χ1) is 10.1. The summed E-state index contributed by atoms with van der Waals surface area (Å²) < 4.78 is 0. The minimum atomic E-state index is 0.135. The summed E-state index contributed by atoms with van der Waals surface area (Å²) in [6.07, 6.45) is 0. The van der Waals surface area contributed by atoms with Crippen molar-refractivity contribution in [3.05, 3.63) is 70.8 Å². The number of hydrogen-bond donors (Lipinski definition) is 3. The average Bonchev–Trinajstić information content (AvgIpc) is 2.52. The topological polar surface area (TPSA) is 70.6 Å². The zero-order valence-corrected chi connectivity index (χ0v) is 12.4. The van der Waals surface area contributed by atoms with E-state index in [1.807, 2.05) is 24.3 Å². The quantitative estimate of drug-likeness (QED) is 0.342. The second-order valence-electron chi connectivity index (χ2n) is 5.16. The van der Waals surface area contributed by atoms with Gasteiger partial charge in [0.1, 0.15) is 0 Å². The molecular weight excluding hydrogens is 262 g/mol. The molecule has 0 bridgehead atoms. The largest absolute Gasteiger partial charge is 0.409 e. The first kappa shape index (κ1) is 15.1. The molecule has 4 N–H and O–H groups in total. The van der Waals surface area contributed by atoms with Crippen LogP contribution in [0.15, 0.2) is 53.7 Å². The molecule has 0 heterocycles. The highest BCUT2D eigenvalue weighted by Crippen LogP contribution is 2.15. The van der Waals surface area contributed by atoms with Gasteiger partial charge in [-0.25, -0.2) is 0 Å². The van der Waals surface area contributed by atoms with Gasteiger partial charge in [-0.1, -0.05) is 59.3 Å². The molecule has 0 aliphatic carbocycles. The van der Waals surface area contributed by atoms with Gasteiger partial charge in [0.15, 0.2) is 5.84 Å². The Labute approximate surface area is 125 Å². The number of hydrogen-bond acceptors (Lipinski definition) is 3. The maximum absolute atomic E-state index is 8.84. The van der Waals surface area contributed by atoms with Crippen LogP contribution < -0.4 is 11.1 Å². The molecule has 0 fully saturated rings. The lowest BCUT2D eigenvalue weighted by molar-refractivity contribution is 0.318. The molecule has 0 radical (unpaired) electrons. The van der Waals surface area contributed by atoms with E-state index in [0.29, 0.717) is 6.54 Å². The van der Waals surface area contributed by atoms with E-state index in [2.05, 4.69) is 48.6 Å². The Morgan fingerprint density at radius 2 is 2.00 bits per heavy atom. The van der Waals surface area contributed by atoms with Crippen LogP contribution in [0.25, 0.3) is 0 Å². The summed E-state index contributed by atoms with van der Waals surface area (Å²) >= 11 is 0. The predicted molar refractivity (Wildman–Crippen MR) is 85.4 cm³/mol. The smallest absolute Gasteiger partial charge is 0.170 e. The molecule has 1 atom stereocenters. The number of nitrogens with two attached hydrogens (primary N) is 1. The lowest BCUT2D eigenvalue weighted by atomic mass is 10.0. The first-order valence-electron chi connectivity index (χ1n) is 6.97. The lowest BCUT2D eigenvalue weighted by Crippen LogP contribution is -2.22. The standard InChI is InChI=1S/C17H21N3O/c1-12-6-5-8-14(10-12)13(2)19-11-15-7-3-4-9-16(15)17(18)20-21/h3-10,13,19,21H,11H2,1-2H3,(H2,18,20)/t13-/m1/s1. The monoisotopic (exact) mass is 283 g/mol. The SMILES string of the molecule is Cc1cccc([C@@H](C)NCc2ccccc2/C(N)=N/O)c1. The number of rotatable bonds is 5. The molecular formula is C17H21N3O. The van der Waals surface area contributed by atoms with E-state index in [0.717, 1.165) is 11.1 Å². The molecule has 0 aromatic heterocycles. The van der Waals surface area contributed by atoms with E-state index in [1.54, 1.807) is 0 Å². The molecule has 2 aromatic carbocycles.